The van der Waals surface area contributed by atoms with Gasteiger partial charge in [-0.3, -0.25) is 28.8 Å². The summed E-state index contributed by atoms with van der Waals surface area (Å²) in [6, 6.07) is -54.1. The molecule has 0 saturated carbocycles. The van der Waals surface area contributed by atoms with Gasteiger partial charge in [-0.25, -0.2) is 0 Å². The molecule has 12 nitrogen and oxygen atoms in total. The smallest absolute Gasteiger partial charge is 0.247 e. The van der Waals surface area contributed by atoms with Gasteiger partial charge in [0.25, 0.3) is 0 Å². The van der Waals surface area contributed by atoms with E-state index in [0.717, 1.165) is 16.5 Å². The summed E-state index contributed by atoms with van der Waals surface area (Å²) in [5.74, 6) is -10.6. The first-order valence-electron chi connectivity index (χ1n) is 71.7. The van der Waals surface area contributed by atoms with Gasteiger partial charge in [0, 0.05) is 131 Å². The number of anilines is 9. The Morgan fingerprint density at radius 1 is 0.298 bits per heavy atom. The normalized spacial score (nSPS) is 21.7. The zero-order valence-electron chi connectivity index (χ0n) is 134. The van der Waals surface area contributed by atoms with Crippen molar-refractivity contribution in [3.8, 4) is 0 Å². The van der Waals surface area contributed by atoms with Crippen molar-refractivity contribution in [2.24, 2.45) is 0 Å². The van der Waals surface area contributed by atoms with Gasteiger partial charge in [-0.1, -0.05) is 234 Å². The fraction of sp³-hybridized carbons (Fsp3) is 0.0811. The highest BCUT2D eigenvalue weighted by Gasteiger charge is 2.40. The summed E-state index contributed by atoms with van der Waals surface area (Å²) in [6.07, 6.45) is 0. The van der Waals surface area contributed by atoms with E-state index in [0.29, 0.717) is 49.5 Å². The largest absolute Gasteiger partial charge is 0.311 e. The van der Waals surface area contributed by atoms with Crippen LogP contribution in [0.5, 0.6) is 0 Å². The number of rotatable bonds is 11. The lowest BCUT2D eigenvalue weighted by Crippen LogP contribution is -2.59. The van der Waals surface area contributed by atoms with Gasteiger partial charge >= 0.3 is 0 Å². The van der Waals surface area contributed by atoms with Crippen LogP contribution in [0.15, 0.2) is 391 Å². The number of nitrogens with zero attached hydrogens (tertiary/aromatic N) is 6. The molecule has 0 spiro atoms. The Morgan fingerprint density at radius 2 is 0.685 bits per heavy atom. The molecule has 1 aliphatic heterocycles. The lowest BCUT2D eigenvalue weighted by atomic mass is 9.33. The van der Waals surface area contributed by atoms with Gasteiger partial charge in [0.2, 0.25) is 6.71 Å². The zero-order valence-corrected chi connectivity index (χ0v) is 62.5. The van der Waals surface area contributed by atoms with Crippen molar-refractivity contribution in [2.75, 3.05) is 14.7 Å². The van der Waals surface area contributed by atoms with Crippen LogP contribution in [0.1, 0.15) is 173 Å². The number of hydrogen-bond acceptors (Lipinski definition) is 9. The van der Waals surface area contributed by atoms with Crippen LogP contribution in [-0.2, 0) is 0 Å². The molecule has 1 aliphatic rings. The van der Waals surface area contributed by atoms with Crippen LogP contribution in [-0.4, -0.2) is 19.9 Å². The number of benzene rings is 16. The molecule has 7 heterocycles. The summed E-state index contributed by atoms with van der Waals surface area (Å²) in [5.41, 5.74) is -29.5. The molecule has 0 N–H and O–H groups in total. The van der Waals surface area contributed by atoms with Gasteiger partial charge in [-0.15, -0.1) is 0 Å². The predicted molar refractivity (Wildman–Crippen MR) is 518 cm³/mol. The minimum absolute atomic E-state index is 0.431. The lowest BCUT2D eigenvalue weighted by molar-refractivity contribution is 0.812. The standard InChI is InChI=1S/C47H41BN2O2.2C32H20N2O2/c1-27(2)30-23-35(28(3)4)44(36(24-30)29(5)6)48-38-20-11-13-22-41(38)49(31-15-8-7-9-16-31)43-26-42-37(25-39(43)48)47(52)34-19-14-18-33-45(34)50(42)40-21-12-10-17-32(40)46(33)51;35-31-23-15-7-8-19-27(23)34-29-24(31)16-9-17-25(29)32(36)26-18-10-20-28(30(26)34)33(21-11-3-1-4-12-21)22-13-5-2-6-14-22;35-31-24-14-7-8-17-28(24)34-29-19-18-23(20-27(29)32(36)26-16-9-15-25(31)30(26)34)33(21-10-3-1-4-11-21)22-12-5-2-6-13-22/h7-29H,1-6H3;2*1-20H/i1D3,2D3,3D3,5D3,7D,8D,9D,10D,11D,12D,13D,14D,15D,16D,17D,18D,19D,20D,21D,22D,26D,27D,28D,29D;1D,2D,3D,4D,5D,6D,7D,8D,9D,10D,11D,12D,13D,14D,15D,16D,17D,18D,19D,20D;1D,2D,3D,4D,5D,6D,7D,8D,9D,10D,11D,12D,14D,15D,16D,17D,18D,19D,20D. The van der Waals surface area contributed by atoms with Gasteiger partial charge in [-0.2, -0.15) is 0 Å². The van der Waals surface area contributed by atoms with Gasteiger partial charge in [0.05, 0.1) is 132 Å². The topological polar surface area (TPSA) is 125 Å². The van der Waals surface area contributed by atoms with E-state index in [1.165, 1.54) is 0 Å². The first-order valence-corrected chi connectivity index (χ1v) is 36.2. The third kappa shape index (κ3) is 12.0. The molecular weight excluding hydrogens is 1520 g/mol. The minimum atomic E-state index is -3.95. The average Bonchev–Trinajstić information content (AvgIpc) is 0.684. The van der Waals surface area contributed by atoms with Crippen LogP contribution in [0, 0.1) is 0 Å². The van der Waals surface area contributed by atoms with Crippen molar-refractivity contribution in [1.82, 2.24) is 13.2 Å². The summed E-state index contributed by atoms with van der Waals surface area (Å²) in [6.45, 7) is -16.5. The van der Waals surface area contributed by atoms with Crippen LogP contribution in [0.25, 0.3) is 114 Å². The van der Waals surface area contributed by atoms with Crippen LogP contribution in [0.4, 0.5) is 51.2 Å². The highest BCUT2D eigenvalue weighted by molar-refractivity contribution is 6.98. The van der Waals surface area contributed by atoms with Crippen LogP contribution >= 0.6 is 0 Å². The number of pyridine rings is 6. The predicted octanol–water partition coefficient (Wildman–Crippen LogP) is 23.3. The van der Waals surface area contributed by atoms with Crippen molar-refractivity contribution in [3.63, 3.8) is 0 Å². The molecular formula is C111H81BN6O6. The number of para-hydroxylation sites is 13. The van der Waals surface area contributed by atoms with E-state index in [1.807, 2.05) is 0 Å². The monoisotopic (exact) mass is 1680 g/mol. The van der Waals surface area contributed by atoms with Gasteiger partial charge in [0.15, 0.2) is 32.6 Å². The molecule has 0 saturated heterocycles. The summed E-state index contributed by atoms with van der Waals surface area (Å²) < 4.78 is 626. The second kappa shape index (κ2) is 30.3. The van der Waals surface area contributed by atoms with E-state index in [1.54, 1.807) is 0 Å². The highest BCUT2D eigenvalue weighted by atomic mass is 16.1. The number of aromatic nitrogens is 3. The van der Waals surface area contributed by atoms with E-state index < -0.39 is 621 Å². The number of hydrogen-bond donors (Lipinski definition) is 0. The van der Waals surface area contributed by atoms with E-state index in [4.69, 9.17) is 79.5 Å². The Labute approximate surface area is 813 Å². The summed E-state index contributed by atoms with van der Waals surface area (Å²) >= 11 is 0. The zero-order chi connectivity index (χ0) is 146. The van der Waals surface area contributed by atoms with Crippen molar-refractivity contribution >= 4 is 189 Å². The van der Waals surface area contributed by atoms with Crippen LogP contribution in [0.3, 0.4) is 0 Å². The molecule has 0 aliphatic carbocycles. The second-order valence-corrected chi connectivity index (χ2v) is 27.1. The molecule has 22 aromatic rings. The SMILES string of the molecule is [2H]c1c([2H])c([2H])c(N(c2c([2H])c([2H])c([2H])c([2H])c2[2H])c2c([2H])c([2H])c([2H])c3c(=O)c4c([2H])c([2H])c([2H])c5c(=O)c6c([2H])c([2H])c([2H])c([2H])c6n(c23)c54)c([2H])c1[2H].[2H]c1c([2H])c([2H])c(N2c3c([2H])c([2H])c([2H])c([2H])c3B(c3c(C([2H])(C)C([2H])([2H])[2H])cc(C([2H])(C([2H])([2H])[2H])C([2H])([2H])[2H])cc3C([2H])(C)C([2H])([2H])[2H])c3cc4c(=O)c5c([2H])c([2H])c([2H])c6c(=O)c7c([2H])c([2H])c([2H])c([2H])c7n(c4c([2H])c32)c56)c([2H])c1[2H].[2H]c1cc(N(c2c([2H])c([2H])c([2H])c([2H])c2[2H])c2c([2H])c([2H])c3c(c2[2H])c(=O)c2c([2H])c([2H])c([2H])c4c(=O)c5c([2H])c([2H])c([2H])c([2H])c5n3c42)c([2H])c([2H])c1[2H]. The Kier molecular flexibility index (Phi) is 7.68. The molecule has 124 heavy (non-hydrogen) atoms. The molecule has 0 bridgehead atoms. The Bertz CT molecular complexity index is 12600. The maximum atomic E-state index is 15.7. The summed E-state index contributed by atoms with van der Waals surface area (Å²) in [7, 11) is 0. The minimum Gasteiger partial charge on any atom is -0.311 e. The summed E-state index contributed by atoms with van der Waals surface area (Å²) in [5, 5.41) is -10.2. The van der Waals surface area contributed by atoms with Crippen LogP contribution in [0.2, 0.25) is 0 Å². The lowest BCUT2D eigenvalue weighted by Gasteiger charge is -2.39. The highest BCUT2D eigenvalue weighted by Crippen LogP contribution is 2.44. The van der Waals surface area contributed by atoms with E-state index >= 15 is 4.79 Å². The molecule has 2 unspecified atom stereocenters. The molecule has 13 heteroatoms. The average molecular weight is 1680 g/mol. The molecule has 2 atom stereocenters. The Balaban J connectivity index is 0.000000167. The van der Waals surface area contributed by atoms with E-state index in [2.05, 4.69) is 0 Å². The van der Waals surface area contributed by atoms with Crippen molar-refractivity contribution in [2.45, 2.75) is 58.9 Å². The second-order valence-electron chi connectivity index (χ2n) is 27.1. The first-order chi connectivity index (χ1) is 89.8. The third-order valence-corrected chi connectivity index (χ3v) is 20.3. The molecule has 0 fully saturated rings. The molecule has 0 amide bonds. The van der Waals surface area contributed by atoms with Crippen molar-refractivity contribution in [1.29, 1.82) is 0 Å². The Hall–Kier alpha value is -15.6. The van der Waals surface area contributed by atoms with Gasteiger partial charge in [-0.05, 0) is 221 Å². The molecule has 594 valence electrons. The van der Waals surface area contributed by atoms with Gasteiger partial charge in [0.1, 0.15) is 0 Å². The molecule has 23 rings (SSSR count). The van der Waals surface area contributed by atoms with E-state index in [9.17, 15) is 41.8 Å². The molecule has 16 aromatic carbocycles. The van der Waals surface area contributed by atoms with Crippen molar-refractivity contribution < 1.29 is 97.3 Å². The van der Waals surface area contributed by atoms with E-state index in [-0.39, 0.29) is 0 Å². The maximum Gasteiger partial charge on any atom is 0.247 e. The number of fused-ring (bicyclic) bond motifs is 14. The summed E-state index contributed by atoms with van der Waals surface area (Å²) in [4.78, 5) is 89.4. The molecule has 6 aromatic heterocycles. The maximum absolute atomic E-state index is 15.7. The quantitative estimate of drug-likeness (QED) is 0.0707. The Morgan fingerprint density at radius 3 is 1.21 bits per heavy atom. The fourth-order valence-corrected chi connectivity index (χ4v) is 15.3. The first kappa shape index (κ1) is 31.5. The third-order valence-electron chi connectivity index (χ3n) is 20.3. The van der Waals surface area contributed by atoms with Crippen molar-refractivity contribution in [3.05, 3.63) is 441 Å². The van der Waals surface area contributed by atoms with Gasteiger partial charge < -0.3 is 27.9 Å². The van der Waals surface area contributed by atoms with Crippen LogP contribution < -0.4 is 63.7 Å². The fourth-order valence-electron chi connectivity index (χ4n) is 15.3. The molecule has 0 radical (unpaired) electrons.